The van der Waals surface area contributed by atoms with Crippen LogP contribution < -0.4 is 5.32 Å². The van der Waals surface area contributed by atoms with Crippen LogP contribution in [0.1, 0.15) is 45.4 Å². The lowest BCUT2D eigenvalue weighted by molar-refractivity contribution is -0.143. The van der Waals surface area contributed by atoms with E-state index in [1.54, 1.807) is 0 Å². The number of nitrogens with one attached hydrogen (secondary N) is 1. The fourth-order valence-electron chi connectivity index (χ4n) is 1.63. The minimum absolute atomic E-state index is 0.0634. The molecule has 4 nitrogen and oxygen atoms in total. The van der Waals surface area contributed by atoms with Crippen molar-refractivity contribution in [3.05, 3.63) is 0 Å². The molecule has 0 aromatic heterocycles. The Kier molecular flexibility index (Phi) is 4.59. The maximum absolute atomic E-state index is 11.5. The molecule has 1 aliphatic carbocycles. The highest BCUT2D eigenvalue weighted by Gasteiger charge is 2.28. The van der Waals surface area contributed by atoms with Crippen LogP contribution in [0.15, 0.2) is 0 Å². The lowest BCUT2D eigenvalue weighted by Crippen LogP contribution is -2.45. The van der Waals surface area contributed by atoms with Gasteiger partial charge in [0.25, 0.3) is 0 Å². The highest BCUT2D eigenvalue weighted by Crippen LogP contribution is 2.26. The summed E-state index contributed by atoms with van der Waals surface area (Å²) in [6.07, 6.45) is 5.22. The summed E-state index contributed by atoms with van der Waals surface area (Å²) in [6, 6.07) is -0.696. The van der Waals surface area contributed by atoms with Crippen LogP contribution in [0.25, 0.3) is 0 Å². The second-order valence-corrected chi connectivity index (χ2v) is 4.17. The third-order valence-electron chi connectivity index (χ3n) is 2.94. The van der Waals surface area contributed by atoms with Gasteiger partial charge in [0.05, 0.1) is 0 Å². The molecule has 0 aromatic carbocycles. The van der Waals surface area contributed by atoms with Crippen molar-refractivity contribution in [1.29, 1.82) is 0 Å². The van der Waals surface area contributed by atoms with Crippen molar-refractivity contribution in [3.63, 3.8) is 0 Å². The Bertz CT molecular complexity index is 236. The number of carbonyl (C=O) groups excluding carboxylic acids is 1. The van der Waals surface area contributed by atoms with Crippen LogP contribution in [0.4, 0.5) is 0 Å². The number of carbonyl (C=O) groups is 2. The molecule has 2 N–H and O–H groups in total. The molecule has 15 heavy (non-hydrogen) atoms. The van der Waals surface area contributed by atoms with Crippen molar-refractivity contribution in [2.75, 3.05) is 0 Å². The van der Waals surface area contributed by atoms with Gasteiger partial charge >= 0.3 is 5.97 Å². The summed E-state index contributed by atoms with van der Waals surface area (Å²) < 4.78 is 0. The van der Waals surface area contributed by atoms with Crippen molar-refractivity contribution in [2.45, 2.75) is 51.5 Å². The topological polar surface area (TPSA) is 66.4 Å². The number of unbranched alkanes of at least 4 members (excludes halogenated alkanes) is 1. The molecule has 1 rings (SSSR count). The zero-order valence-corrected chi connectivity index (χ0v) is 9.16. The standard InChI is InChI=1S/C11H19NO3/c1-2-3-7-9(11(14)15)12-10(13)8-5-4-6-8/h8-9H,2-7H2,1H3,(H,12,13)(H,14,15)/t9-/m0/s1. The maximum Gasteiger partial charge on any atom is 0.326 e. The summed E-state index contributed by atoms with van der Waals surface area (Å²) in [5.41, 5.74) is 0. The number of carboxylic acids is 1. The molecule has 0 bridgehead atoms. The van der Waals surface area contributed by atoms with E-state index in [4.69, 9.17) is 5.11 Å². The Hall–Kier alpha value is -1.06. The molecule has 1 aliphatic rings. The first-order chi connectivity index (χ1) is 7.15. The van der Waals surface area contributed by atoms with E-state index in [0.717, 1.165) is 32.1 Å². The van der Waals surface area contributed by atoms with E-state index in [2.05, 4.69) is 5.32 Å². The molecule has 4 heteroatoms. The summed E-state index contributed by atoms with van der Waals surface area (Å²) in [5.74, 6) is -0.936. The van der Waals surface area contributed by atoms with Crippen LogP contribution in [-0.2, 0) is 9.59 Å². The molecule has 1 atom stereocenters. The summed E-state index contributed by atoms with van der Waals surface area (Å²) in [5, 5.41) is 11.5. The zero-order chi connectivity index (χ0) is 11.3. The van der Waals surface area contributed by atoms with Crippen LogP contribution in [0, 0.1) is 5.92 Å². The highest BCUT2D eigenvalue weighted by molar-refractivity contribution is 5.85. The average molecular weight is 213 g/mol. The average Bonchev–Trinajstić information content (AvgIpc) is 2.08. The quantitative estimate of drug-likeness (QED) is 0.703. The van der Waals surface area contributed by atoms with Gasteiger partial charge in [0, 0.05) is 5.92 Å². The van der Waals surface area contributed by atoms with Crippen LogP contribution in [-0.4, -0.2) is 23.0 Å². The van der Waals surface area contributed by atoms with E-state index in [0.29, 0.717) is 6.42 Å². The van der Waals surface area contributed by atoms with Gasteiger partial charge in [0.2, 0.25) is 5.91 Å². The van der Waals surface area contributed by atoms with Gasteiger partial charge in [-0.2, -0.15) is 0 Å². The molecule has 1 fully saturated rings. The Balaban J connectivity index is 2.35. The van der Waals surface area contributed by atoms with Gasteiger partial charge in [-0.3, -0.25) is 4.79 Å². The molecular formula is C11H19NO3. The van der Waals surface area contributed by atoms with E-state index in [9.17, 15) is 9.59 Å². The summed E-state index contributed by atoms with van der Waals surface area (Å²) >= 11 is 0. The second kappa shape index (κ2) is 5.73. The third-order valence-corrected chi connectivity index (χ3v) is 2.94. The summed E-state index contributed by atoms with van der Waals surface area (Å²) in [6.45, 7) is 2.01. The Morgan fingerprint density at radius 3 is 2.53 bits per heavy atom. The van der Waals surface area contributed by atoms with E-state index >= 15 is 0 Å². The third kappa shape index (κ3) is 3.53. The normalized spacial score (nSPS) is 17.9. The number of hydrogen-bond donors (Lipinski definition) is 2. The molecule has 0 unspecified atom stereocenters. The van der Waals surface area contributed by atoms with Crippen molar-refractivity contribution in [3.8, 4) is 0 Å². The molecule has 0 heterocycles. The van der Waals surface area contributed by atoms with Crippen molar-refractivity contribution in [1.82, 2.24) is 5.32 Å². The van der Waals surface area contributed by atoms with E-state index in [1.807, 2.05) is 6.92 Å². The largest absolute Gasteiger partial charge is 0.480 e. The first-order valence-corrected chi connectivity index (χ1v) is 5.68. The second-order valence-electron chi connectivity index (χ2n) is 4.17. The number of rotatable bonds is 6. The van der Waals surface area contributed by atoms with Crippen molar-refractivity contribution < 1.29 is 14.7 Å². The number of hydrogen-bond acceptors (Lipinski definition) is 2. The minimum atomic E-state index is -0.920. The summed E-state index contributed by atoms with van der Waals surface area (Å²) in [7, 11) is 0. The maximum atomic E-state index is 11.5. The summed E-state index contributed by atoms with van der Waals surface area (Å²) in [4.78, 5) is 22.4. The zero-order valence-electron chi connectivity index (χ0n) is 9.16. The molecule has 1 amide bonds. The van der Waals surface area contributed by atoms with Gasteiger partial charge < -0.3 is 10.4 Å². The SMILES string of the molecule is CCCC[C@H](NC(=O)C1CCC1)C(=O)O. The predicted octanol–water partition coefficient (Wildman–Crippen LogP) is 1.55. The predicted molar refractivity (Wildman–Crippen MR) is 56.4 cm³/mol. The van der Waals surface area contributed by atoms with Crippen molar-refractivity contribution >= 4 is 11.9 Å². The monoisotopic (exact) mass is 213 g/mol. The van der Waals surface area contributed by atoms with Gasteiger partial charge in [-0.1, -0.05) is 26.2 Å². The fraction of sp³-hybridized carbons (Fsp3) is 0.818. The smallest absolute Gasteiger partial charge is 0.326 e. The first-order valence-electron chi connectivity index (χ1n) is 5.68. The Labute approximate surface area is 90.0 Å². The number of carboxylic acid groups (broad SMARTS) is 1. The van der Waals surface area contributed by atoms with Crippen LogP contribution in [0.3, 0.4) is 0 Å². The van der Waals surface area contributed by atoms with Gasteiger partial charge in [0.1, 0.15) is 6.04 Å². The minimum Gasteiger partial charge on any atom is -0.480 e. The Morgan fingerprint density at radius 1 is 1.47 bits per heavy atom. The van der Waals surface area contributed by atoms with E-state index in [-0.39, 0.29) is 11.8 Å². The molecular weight excluding hydrogens is 194 g/mol. The van der Waals surface area contributed by atoms with Crippen LogP contribution in [0.2, 0.25) is 0 Å². The Morgan fingerprint density at radius 2 is 2.13 bits per heavy atom. The molecule has 86 valence electrons. The number of amides is 1. The van der Waals surface area contributed by atoms with Gasteiger partial charge in [-0.15, -0.1) is 0 Å². The lowest BCUT2D eigenvalue weighted by Gasteiger charge is -2.26. The molecule has 0 saturated heterocycles. The number of aliphatic carboxylic acids is 1. The van der Waals surface area contributed by atoms with E-state index < -0.39 is 12.0 Å². The van der Waals surface area contributed by atoms with Crippen LogP contribution in [0.5, 0.6) is 0 Å². The van der Waals surface area contributed by atoms with Gasteiger partial charge in [-0.25, -0.2) is 4.79 Å². The molecule has 0 aromatic rings. The van der Waals surface area contributed by atoms with Crippen molar-refractivity contribution in [2.24, 2.45) is 5.92 Å². The van der Waals surface area contributed by atoms with E-state index in [1.165, 1.54) is 0 Å². The van der Waals surface area contributed by atoms with Crippen LogP contribution >= 0.6 is 0 Å². The lowest BCUT2D eigenvalue weighted by atomic mass is 9.84. The fourth-order valence-corrected chi connectivity index (χ4v) is 1.63. The molecule has 0 aliphatic heterocycles. The first kappa shape index (κ1) is 12.0. The highest BCUT2D eigenvalue weighted by atomic mass is 16.4. The molecule has 0 radical (unpaired) electrons. The molecule has 1 saturated carbocycles. The van der Waals surface area contributed by atoms with Gasteiger partial charge in [-0.05, 0) is 19.3 Å². The van der Waals surface area contributed by atoms with Gasteiger partial charge in [0.15, 0.2) is 0 Å². The molecule has 0 spiro atoms.